The van der Waals surface area contributed by atoms with E-state index in [1.807, 2.05) is 13.2 Å². The summed E-state index contributed by atoms with van der Waals surface area (Å²) in [5, 5.41) is 7.42. The number of rotatable bonds is 3. The Kier molecular flexibility index (Phi) is 2.62. The maximum atomic E-state index is 5.78. The van der Waals surface area contributed by atoms with Crippen LogP contribution in [-0.2, 0) is 13.5 Å². The largest absolute Gasteiger partial charge is 0.370 e. The zero-order valence-corrected chi connectivity index (χ0v) is 9.20. The van der Waals surface area contributed by atoms with Crippen molar-refractivity contribution in [2.24, 2.45) is 17.8 Å². The molecule has 0 bridgehead atoms. The van der Waals surface area contributed by atoms with E-state index in [1.165, 1.54) is 0 Å². The molecule has 0 aromatic carbocycles. The fourth-order valence-corrected chi connectivity index (χ4v) is 1.47. The van der Waals surface area contributed by atoms with E-state index in [4.69, 9.17) is 5.73 Å². The Hall–Kier alpha value is -1.52. The zero-order chi connectivity index (χ0) is 10.8. The molecule has 0 amide bonds. The van der Waals surface area contributed by atoms with Crippen molar-refractivity contribution in [1.82, 2.24) is 9.78 Å². The number of aliphatic imine (C=N–C) groups is 1. The normalized spacial score (nSPS) is 16.8. The van der Waals surface area contributed by atoms with Crippen molar-refractivity contribution in [3.05, 3.63) is 11.9 Å². The quantitative estimate of drug-likeness (QED) is 0.571. The summed E-state index contributed by atoms with van der Waals surface area (Å²) in [5.74, 6) is 0.500. The molecule has 1 aromatic rings. The maximum Gasteiger partial charge on any atom is 0.193 e. The van der Waals surface area contributed by atoms with E-state index in [2.05, 4.69) is 22.3 Å². The molecule has 0 unspecified atom stereocenters. The molecule has 1 saturated carbocycles. The zero-order valence-electron chi connectivity index (χ0n) is 9.20. The van der Waals surface area contributed by atoms with Crippen molar-refractivity contribution in [3.8, 4) is 0 Å². The van der Waals surface area contributed by atoms with Gasteiger partial charge in [0.05, 0.1) is 17.4 Å². The number of anilines is 1. The summed E-state index contributed by atoms with van der Waals surface area (Å²) in [4.78, 5) is 4.31. The van der Waals surface area contributed by atoms with Gasteiger partial charge in [0.15, 0.2) is 5.96 Å². The van der Waals surface area contributed by atoms with Crippen LogP contribution in [0.2, 0.25) is 0 Å². The van der Waals surface area contributed by atoms with Gasteiger partial charge in [0, 0.05) is 13.2 Å². The lowest BCUT2D eigenvalue weighted by Crippen LogP contribution is -2.23. The second kappa shape index (κ2) is 3.92. The summed E-state index contributed by atoms with van der Waals surface area (Å²) < 4.78 is 1.78. The fraction of sp³-hybridized carbons (Fsp3) is 0.600. The van der Waals surface area contributed by atoms with Gasteiger partial charge < -0.3 is 11.1 Å². The van der Waals surface area contributed by atoms with Gasteiger partial charge in [-0.25, -0.2) is 4.99 Å². The van der Waals surface area contributed by atoms with Crippen molar-refractivity contribution in [2.45, 2.75) is 32.2 Å². The topological polar surface area (TPSA) is 68.2 Å². The number of hydrogen-bond acceptors (Lipinski definition) is 2. The number of nitrogens with one attached hydrogen (secondary N) is 1. The van der Waals surface area contributed by atoms with Crippen molar-refractivity contribution in [1.29, 1.82) is 0 Å². The van der Waals surface area contributed by atoms with Crippen molar-refractivity contribution in [3.63, 3.8) is 0 Å². The lowest BCUT2D eigenvalue weighted by atomic mass is 10.3. The summed E-state index contributed by atoms with van der Waals surface area (Å²) in [6, 6.07) is 0.444. The van der Waals surface area contributed by atoms with Crippen LogP contribution in [0.3, 0.4) is 0 Å². The number of hydrogen-bond donors (Lipinski definition) is 2. The minimum Gasteiger partial charge on any atom is -0.370 e. The van der Waals surface area contributed by atoms with Gasteiger partial charge in [-0.2, -0.15) is 5.10 Å². The molecule has 0 atom stereocenters. The second-order valence-corrected chi connectivity index (χ2v) is 3.89. The molecule has 0 spiro atoms. The molecular weight excluding hydrogens is 190 g/mol. The lowest BCUT2D eigenvalue weighted by molar-refractivity contribution is 0.746. The van der Waals surface area contributed by atoms with Crippen LogP contribution in [0.25, 0.3) is 0 Å². The highest BCUT2D eigenvalue weighted by molar-refractivity contribution is 5.92. The van der Waals surface area contributed by atoms with Crippen LogP contribution in [0, 0.1) is 0 Å². The maximum absolute atomic E-state index is 5.78. The number of aryl methyl sites for hydroxylation is 2. The van der Waals surface area contributed by atoms with Gasteiger partial charge in [0.25, 0.3) is 0 Å². The monoisotopic (exact) mass is 207 g/mol. The molecule has 1 aliphatic rings. The van der Waals surface area contributed by atoms with Gasteiger partial charge >= 0.3 is 0 Å². The van der Waals surface area contributed by atoms with E-state index in [0.717, 1.165) is 30.6 Å². The Morgan fingerprint density at radius 1 is 1.73 bits per heavy atom. The summed E-state index contributed by atoms with van der Waals surface area (Å²) in [6.07, 6.45) is 5.14. The first-order chi connectivity index (χ1) is 7.19. The van der Waals surface area contributed by atoms with E-state index >= 15 is 0 Å². The molecule has 0 radical (unpaired) electrons. The summed E-state index contributed by atoms with van der Waals surface area (Å²) >= 11 is 0. The van der Waals surface area contributed by atoms with Crippen molar-refractivity contribution < 1.29 is 0 Å². The molecule has 1 aliphatic carbocycles. The Morgan fingerprint density at radius 3 is 3.07 bits per heavy atom. The highest BCUT2D eigenvalue weighted by Gasteiger charge is 2.20. The third kappa shape index (κ3) is 2.49. The molecule has 82 valence electrons. The van der Waals surface area contributed by atoms with Crippen LogP contribution in [-0.4, -0.2) is 21.8 Å². The van der Waals surface area contributed by atoms with E-state index in [1.54, 1.807) is 4.68 Å². The van der Waals surface area contributed by atoms with Gasteiger partial charge in [-0.1, -0.05) is 6.92 Å². The first kappa shape index (κ1) is 10.0. The van der Waals surface area contributed by atoms with E-state index in [0.29, 0.717) is 12.0 Å². The van der Waals surface area contributed by atoms with Crippen molar-refractivity contribution >= 4 is 11.6 Å². The lowest BCUT2D eigenvalue weighted by Gasteiger charge is -2.03. The first-order valence-corrected chi connectivity index (χ1v) is 5.32. The van der Waals surface area contributed by atoms with Crippen LogP contribution >= 0.6 is 0 Å². The molecule has 2 rings (SSSR count). The molecule has 0 aliphatic heterocycles. The standard InChI is InChI=1S/C10H17N5/c1-3-8-9(6-15(2)14-8)13-10(11)12-7-4-5-7/h6-7H,3-5H2,1-2H3,(H3,11,12,13). The third-order valence-electron chi connectivity index (χ3n) is 2.37. The van der Waals surface area contributed by atoms with Crippen LogP contribution in [0.4, 0.5) is 5.69 Å². The molecule has 1 heterocycles. The molecule has 5 nitrogen and oxygen atoms in total. The van der Waals surface area contributed by atoms with Gasteiger partial charge in [0.2, 0.25) is 0 Å². The highest BCUT2D eigenvalue weighted by Crippen LogP contribution is 2.23. The first-order valence-electron chi connectivity index (χ1n) is 5.32. The molecule has 1 fully saturated rings. The van der Waals surface area contributed by atoms with Gasteiger partial charge in [-0.15, -0.1) is 0 Å². The van der Waals surface area contributed by atoms with Gasteiger partial charge in [0.1, 0.15) is 0 Å². The average molecular weight is 207 g/mol. The Bertz CT molecular complexity index is 375. The van der Waals surface area contributed by atoms with E-state index < -0.39 is 0 Å². The predicted octanol–water partition coefficient (Wildman–Crippen LogP) is 0.871. The smallest absolute Gasteiger partial charge is 0.193 e. The molecule has 15 heavy (non-hydrogen) atoms. The van der Waals surface area contributed by atoms with Gasteiger partial charge in [-0.3, -0.25) is 4.68 Å². The van der Waals surface area contributed by atoms with Crippen molar-refractivity contribution in [2.75, 3.05) is 5.32 Å². The summed E-state index contributed by atoms with van der Waals surface area (Å²) in [7, 11) is 1.90. The minimum absolute atomic E-state index is 0.444. The fourth-order valence-electron chi connectivity index (χ4n) is 1.47. The molecule has 0 saturated heterocycles. The number of guanidine groups is 1. The number of aromatic nitrogens is 2. The van der Waals surface area contributed by atoms with Gasteiger partial charge in [-0.05, 0) is 19.3 Å². The Balaban J connectivity index is 2.08. The van der Waals surface area contributed by atoms with Crippen LogP contribution in [0.1, 0.15) is 25.5 Å². The third-order valence-corrected chi connectivity index (χ3v) is 2.37. The minimum atomic E-state index is 0.444. The summed E-state index contributed by atoms with van der Waals surface area (Å²) in [6.45, 7) is 2.07. The Morgan fingerprint density at radius 2 is 2.47 bits per heavy atom. The number of nitrogens with zero attached hydrogens (tertiary/aromatic N) is 3. The number of nitrogens with two attached hydrogens (primary N) is 1. The molecule has 3 N–H and O–H groups in total. The Labute approximate surface area is 89.4 Å². The highest BCUT2D eigenvalue weighted by atomic mass is 15.3. The van der Waals surface area contributed by atoms with Crippen LogP contribution in [0.15, 0.2) is 11.2 Å². The van der Waals surface area contributed by atoms with Crippen LogP contribution in [0.5, 0.6) is 0 Å². The molecule has 5 heteroatoms. The van der Waals surface area contributed by atoms with Crippen LogP contribution < -0.4 is 11.1 Å². The predicted molar refractivity (Wildman–Crippen MR) is 60.9 cm³/mol. The SMILES string of the molecule is CCc1nn(C)cc1NC(N)=NC1CC1. The second-order valence-electron chi connectivity index (χ2n) is 3.89. The van der Waals surface area contributed by atoms with E-state index in [9.17, 15) is 0 Å². The molecular formula is C10H17N5. The summed E-state index contributed by atoms with van der Waals surface area (Å²) in [5.41, 5.74) is 7.76. The molecule has 1 aromatic heterocycles. The van der Waals surface area contributed by atoms with E-state index in [-0.39, 0.29) is 0 Å². The average Bonchev–Trinajstić information content (AvgIpc) is 2.90.